The lowest BCUT2D eigenvalue weighted by molar-refractivity contribution is 0.0311. The maximum atomic E-state index is 12.5. The van der Waals surface area contributed by atoms with Gasteiger partial charge in [-0.25, -0.2) is 8.42 Å². The van der Waals surface area contributed by atoms with Crippen LogP contribution in [0.3, 0.4) is 0 Å². The molecule has 1 saturated heterocycles. The van der Waals surface area contributed by atoms with Crippen LogP contribution in [-0.2, 0) is 14.8 Å². The van der Waals surface area contributed by atoms with Crippen LogP contribution in [0.25, 0.3) is 0 Å². The maximum absolute atomic E-state index is 12.5. The molecule has 0 spiro atoms. The van der Waals surface area contributed by atoms with E-state index < -0.39 is 16.1 Å². The Hall–Kier alpha value is -1.75. The zero-order chi connectivity index (χ0) is 14.8. The number of Topliss-reactive ketones (excluding diaryl/α,β-unsaturated/α-hetero) is 1. The predicted octanol–water partition coefficient (Wildman–Crippen LogP) is 0.802. The fourth-order valence-corrected chi connectivity index (χ4v) is 3.42. The van der Waals surface area contributed by atoms with Crippen LogP contribution < -0.4 is 0 Å². The summed E-state index contributed by atoms with van der Waals surface area (Å²) in [6, 6.07) is 7.81. The standard InChI is InChI=1S/C13H14N2O4S/c1-10(16)11-3-2-4-13(7-11)20(17,18)15-5-6-19-12(8-14)9-15/h2-4,7,12H,5-6,9H2,1H3. The van der Waals surface area contributed by atoms with Gasteiger partial charge in [0.15, 0.2) is 11.9 Å². The zero-order valence-electron chi connectivity index (χ0n) is 10.9. The summed E-state index contributed by atoms with van der Waals surface area (Å²) in [7, 11) is -3.71. The third-order valence-corrected chi connectivity index (χ3v) is 4.91. The van der Waals surface area contributed by atoms with Gasteiger partial charge in [0.05, 0.1) is 24.1 Å². The molecule has 20 heavy (non-hydrogen) atoms. The summed E-state index contributed by atoms with van der Waals surface area (Å²) in [6.07, 6.45) is -0.755. The largest absolute Gasteiger partial charge is 0.361 e. The number of ether oxygens (including phenoxy) is 1. The molecule has 106 valence electrons. The highest BCUT2D eigenvalue weighted by Gasteiger charge is 2.30. The minimum atomic E-state index is -3.71. The highest BCUT2D eigenvalue weighted by Crippen LogP contribution is 2.20. The Kier molecular flexibility index (Phi) is 4.18. The molecule has 0 bridgehead atoms. The molecule has 1 heterocycles. The van der Waals surface area contributed by atoms with E-state index in [-0.39, 0.29) is 30.4 Å². The topological polar surface area (TPSA) is 87.5 Å². The molecular formula is C13H14N2O4S. The van der Waals surface area contributed by atoms with E-state index in [2.05, 4.69) is 0 Å². The molecule has 0 saturated carbocycles. The smallest absolute Gasteiger partial charge is 0.243 e. The van der Waals surface area contributed by atoms with E-state index in [1.807, 2.05) is 6.07 Å². The van der Waals surface area contributed by atoms with Gasteiger partial charge in [-0.2, -0.15) is 9.57 Å². The van der Waals surface area contributed by atoms with Crippen molar-refractivity contribution in [1.29, 1.82) is 5.26 Å². The van der Waals surface area contributed by atoms with E-state index in [4.69, 9.17) is 10.00 Å². The molecule has 2 rings (SSSR count). The van der Waals surface area contributed by atoms with E-state index in [0.29, 0.717) is 5.56 Å². The van der Waals surface area contributed by atoms with E-state index >= 15 is 0 Å². The summed E-state index contributed by atoms with van der Waals surface area (Å²) < 4.78 is 31.3. The lowest BCUT2D eigenvalue weighted by Crippen LogP contribution is -2.45. The first-order valence-electron chi connectivity index (χ1n) is 6.07. The second-order valence-electron chi connectivity index (χ2n) is 4.44. The van der Waals surface area contributed by atoms with Crippen LogP contribution in [-0.4, -0.2) is 44.3 Å². The minimum Gasteiger partial charge on any atom is -0.361 e. The van der Waals surface area contributed by atoms with Crippen molar-refractivity contribution >= 4 is 15.8 Å². The van der Waals surface area contributed by atoms with Gasteiger partial charge in [-0.15, -0.1) is 0 Å². The summed E-state index contributed by atoms with van der Waals surface area (Å²) in [5, 5.41) is 8.82. The van der Waals surface area contributed by atoms with Crippen LogP contribution >= 0.6 is 0 Å². The van der Waals surface area contributed by atoms with Gasteiger partial charge < -0.3 is 4.74 Å². The Labute approximate surface area is 117 Å². The van der Waals surface area contributed by atoms with Gasteiger partial charge in [0.2, 0.25) is 10.0 Å². The van der Waals surface area contributed by atoms with Gasteiger partial charge >= 0.3 is 0 Å². The molecule has 1 unspecified atom stereocenters. The first-order chi connectivity index (χ1) is 9.45. The van der Waals surface area contributed by atoms with Gasteiger partial charge in [-0.05, 0) is 19.1 Å². The summed E-state index contributed by atoms with van der Waals surface area (Å²) in [5.41, 5.74) is 0.344. The molecule has 1 atom stereocenters. The van der Waals surface area contributed by atoms with Crippen LogP contribution in [0.5, 0.6) is 0 Å². The highest BCUT2D eigenvalue weighted by molar-refractivity contribution is 7.89. The SMILES string of the molecule is CC(=O)c1cccc(S(=O)(=O)N2CCOC(C#N)C2)c1. The number of sulfonamides is 1. The van der Waals surface area contributed by atoms with Crippen LogP contribution in [0.15, 0.2) is 29.2 Å². The molecule has 0 N–H and O–H groups in total. The number of nitriles is 1. The van der Waals surface area contributed by atoms with Gasteiger partial charge in [-0.3, -0.25) is 4.79 Å². The molecule has 7 heteroatoms. The minimum absolute atomic E-state index is 0.00311. The number of hydrogen-bond donors (Lipinski definition) is 0. The van der Waals surface area contributed by atoms with Gasteiger partial charge in [0.25, 0.3) is 0 Å². The summed E-state index contributed by atoms with van der Waals surface area (Å²) in [4.78, 5) is 11.4. The van der Waals surface area contributed by atoms with Crippen molar-refractivity contribution in [3.8, 4) is 6.07 Å². The molecule has 6 nitrogen and oxygen atoms in total. The van der Waals surface area contributed by atoms with Crippen molar-refractivity contribution in [2.24, 2.45) is 0 Å². The van der Waals surface area contributed by atoms with Crippen LogP contribution in [0.2, 0.25) is 0 Å². The summed E-state index contributed by atoms with van der Waals surface area (Å²) in [6.45, 7) is 1.77. The van der Waals surface area contributed by atoms with E-state index in [1.54, 1.807) is 6.07 Å². The van der Waals surface area contributed by atoms with E-state index in [9.17, 15) is 13.2 Å². The van der Waals surface area contributed by atoms with Crippen molar-refractivity contribution < 1.29 is 17.9 Å². The number of carbonyl (C=O) groups is 1. The Bertz CT molecular complexity index is 663. The molecule has 0 amide bonds. The Morgan fingerprint density at radius 2 is 2.25 bits per heavy atom. The highest BCUT2D eigenvalue weighted by atomic mass is 32.2. The van der Waals surface area contributed by atoms with Crippen molar-refractivity contribution in [3.05, 3.63) is 29.8 Å². The lowest BCUT2D eigenvalue weighted by Gasteiger charge is -2.28. The van der Waals surface area contributed by atoms with Gasteiger partial charge in [0.1, 0.15) is 0 Å². The third-order valence-electron chi connectivity index (χ3n) is 3.05. The fourth-order valence-electron chi connectivity index (χ4n) is 1.95. The second kappa shape index (κ2) is 5.71. The number of morpholine rings is 1. The number of nitrogens with zero attached hydrogens (tertiary/aromatic N) is 2. The molecule has 1 fully saturated rings. The van der Waals surface area contributed by atoms with Gasteiger partial charge in [-0.1, -0.05) is 12.1 Å². The fraction of sp³-hybridized carbons (Fsp3) is 0.385. The number of carbonyl (C=O) groups excluding carboxylic acids is 1. The van der Waals surface area contributed by atoms with Crippen LogP contribution in [0.4, 0.5) is 0 Å². The number of benzene rings is 1. The predicted molar refractivity (Wildman–Crippen MR) is 70.6 cm³/mol. The molecule has 1 aliphatic heterocycles. The molecule has 1 aromatic carbocycles. The first-order valence-corrected chi connectivity index (χ1v) is 7.51. The normalized spacial score (nSPS) is 20.3. The number of ketones is 1. The molecule has 0 aliphatic carbocycles. The number of rotatable bonds is 3. The van der Waals surface area contributed by atoms with Crippen molar-refractivity contribution in [1.82, 2.24) is 4.31 Å². The molecule has 1 aromatic rings. The van der Waals surface area contributed by atoms with Crippen LogP contribution in [0, 0.1) is 11.3 Å². The maximum Gasteiger partial charge on any atom is 0.243 e. The van der Waals surface area contributed by atoms with Crippen molar-refractivity contribution in [2.75, 3.05) is 19.7 Å². The summed E-state index contributed by atoms with van der Waals surface area (Å²) >= 11 is 0. The zero-order valence-corrected chi connectivity index (χ0v) is 11.8. The third kappa shape index (κ3) is 2.88. The lowest BCUT2D eigenvalue weighted by atomic mass is 10.2. The first kappa shape index (κ1) is 14.7. The van der Waals surface area contributed by atoms with E-state index in [1.165, 1.54) is 29.4 Å². The quantitative estimate of drug-likeness (QED) is 0.770. The van der Waals surface area contributed by atoms with Gasteiger partial charge in [0, 0.05) is 12.1 Å². The van der Waals surface area contributed by atoms with Crippen LogP contribution in [0.1, 0.15) is 17.3 Å². The average Bonchev–Trinajstić information content (AvgIpc) is 2.47. The van der Waals surface area contributed by atoms with Crippen molar-refractivity contribution in [2.45, 2.75) is 17.9 Å². The Morgan fingerprint density at radius 1 is 1.50 bits per heavy atom. The van der Waals surface area contributed by atoms with E-state index in [0.717, 1.165) is 0 Å². The number of hydrogen-bond acceptors (Lipinski definition) is 5. The second-order valence-corrected chi connectivity index (χ2v) is 6.37. The van der Waals surface area contributed by atoms with Crippen molar-refractivity contribution in [3.63, 3.8) is 0 Å². The molecular weight excluding hydrogens is 280 g/mol. The molecule has 0 aromatic heterocycles. The monoisotopic (exact) mass is 294 g/mol. The average molecular weight is 294 g/mol. The summed E-state index contributed by atoms with van der Waals surface area (Å²) in [5.74, 6) is -0.195. The molecule has 1 aliphatic rings. The Morgan fingerprint density at radius 3 is 2.90 bits per heavy atom. The molecule has 0 radical (unpaired) electrons. The Balaban J connectivity index is 2.33.